The van der Waals surface area contributed by atoms with Gasteiger partial charge in [-0.3, -0.25) is 9.78 Å². The van der Waals surface area contributed by atoms with E-state index in [1.807, 2.05) is 31.2 Å². The highest BCUT2D eigenvalue weighted by Crippen LogP contribution is 2.20. The topological polar surface area (TPSA) is 79.4 Å². The first-order chi connectivity index (χ1) is 10.8. The van der Waals surface area contributed by atoms with Gasteiger partial charge in [-0.1, -0.05) is 25.1 Å². The Morgan fingerprint density at radius 1 is 1.30 bits per heavy atom. The van der Waals surface area contributed by atoms with Crippen LogP contribution in [0.3, 0.4) is 0 Å². The Hall–Kier alpha value is -1.99. The molecule has 1 aromatic carbocycles. The number of rotatable bonds is 6. The zero-order valence-electron chi connectivity index (χ0n) is 13.5. The van der Waals surface area contributed by atoms with E-state index in [4.69, 9.17) is 0 Å². The van der Waals surface area contributed by atoms with Crippen LogP contribution in [0.15, 0.2) is 36.5 Å². The maximum absolute atomic E-state index is 12.3. The number of carbonyl (C=O) groups is 1. The van der Waals surface area contributed by atoms with Crippen LogP contribution in [0.25, 0.3) is 10.9 Å². The van der Waals surface area contributed by atoms with E-state index in [0.29, 0.717) is 17.6 Å². The molecule has 2 rings (SSSR count). The summed E-state index contributed by atoms with van der Waals surface area (Å²) in [5.41, 5.74) is 1.25. The number of nitrogens with zero attached hydrogens (tertiary/aromatic N) is 2. The van der Waals surface area contributed by atoms with Crippen LogP contribution in [0, 0.1) is 0 Å². The van der Waals surface area contributed by atoms with Crippen molar-refractivity contribution in [2.24, 2.45) is 0 Å². The molecule has 23 heavy (non-hydrogen) atoms. The van der Waals surface area contributed by atoms with E-state index in [1.165, 1.54) is 4.31 Å². The third-order valence-corrected chi connectivity index (χ3v) is 5.06. The van der Waals surface area contributed by atoms with Crippen molar-refractivity contribution in [1.29, 1.82) is 0 Å². The number of hydrogen-bond donors (Lipinski definition) is 1. The predicted molar refractivity (Wildman–Crippen MR) is 91.7 cm³/mol. The van der Waals surface area contributed by atoms with Crippen molar-refractivity contribution < 1.29 is 13.2 Å². The van der Waals surface area contributed by atoms with Crippen molar-refractivity contribution in [2.45, 2.75) is 26.3 Å². The molecular formula is C16H21N3O3S. The minimum Gasteiger partial charge on any atom is -0.323 e. The number of benzene rings is 1. The van der Waals surface area contributed by atoms with Crippen LogP contribution in [-0.4, -0.2) is 42.5 Å². The zero-order chi connectivity index (χ0) is 17.0. The van der Waals surface area contributed by atoms with Crippen LogP contribution in [0.1, 0.15) is 20.3 Å². The van der Waals surface area contributed by atoms with Crippen molar-refractivity contribution in [3.63, 3.8) is 0 Å². The molecule has 1 N–H and O–H groups in total. The lowest BCUT2D eigenvalue weighted by Crippen LogP contribution is -2.42. The highest BCUT2D eigenvalue weighted by molar-refractivity contribution is 7.88. The van der Waals surface area contributed by atoms with Crippen molar-refractivity contribution in [3.8, 4) is 0 Å². The molecule has 0 spiro atoms. The van der Waals surface area contributed by atoms with Gasteiger partial charge in [0.2, 0.25) is 15.9 Å². The molecule has 1 heterocycles. The number of anilines is 1. The first kappa shape index (κ1) is 17.4. The second-order valence-electron chi connectivity index (χ2n) is 5.49. The Morgan fingerprint density at radius 3 is 2.65 bits per heavy atom. The lowest BCUT2D eigenvalue weighted by atomic mass is 10.2. The number of nitrogens with one attached hydrogen (secondary N) is 1. The first-order valence-corrected chi connectivity index (χ1v) is 9.28. The minimum absolute atomic E-state index is 0.211. The highest BCUT2D eigenvalue weighted by atomic mass is 32.2. The zero-order valence-corrected chi connectivity index (χ0v) is 14.3. The van der Waals surface area contributed by atoms with Gasteiger partial charge in [0, 0.05) is 17.6 Å². The minimum atomic E-state index is -3.45. The molecule has 0 saturated heterocycles. The van der Waals surface area contributed by atoms with E-state index in [0.717, 1.165) is 11.6 Å². The van der Waals surface area contributed by atoms with Crippen molar-refractivity contribution >= 4 is 32.5 Å². The second kappa shape index (κ2) is 7.06. The van der Waals surface area contributed by atoms with E-state index >= 15 is 0 Å². The molecule has 7 heteroatoms. The average Bonchev–Trinajstić information content (AvgIpc) is 2.51. The van der Waals surface area contributed by atoms with Crippen LogP contribution in [0.5, 0.6) is 0 Å². The van der Waals surface area contributed by atoms with Crippen LogP contribution >= 0.6 is 0 Å². The van der Waals surface area contributed by atoms with Gasteiger partial charge in [-0.15, -0.1) is 0 Å². The standard InChI is InChI=1S/C16H21N3O3S/c1-4-12(2)19(23(3,21)22)11-15(20)18-14-9-5-7-13-8-6-10-17-16(13)14/h5-10,12H,4,11H2,1-3H3,(H,18,20). The summed E-state index contributed by atoms with van der Waals surface area (Å²) in [6.07, 6.45) is 3.40. The summed E-state index contributed by atoms with van der Waals surface area (Å²) in [5.74, 6) is -0.381. The van der Waals surface area contributed by atoms with E-state index in [1.54, 1.807) is 19.2 Å². The summed E-state index contributed by atoms with van der Waals surface area (Å²) < 4.78 is 24.9. The van der Waals surface area contributed by atoms with Gasteiger partial charge in [0.1, 0.15) is 0 Å². The monoisotopic (exact) mass is 335 g/mol. The molecule has 0 aliphatic carbocycles. The molecule has 2 aromatic rings. The summed E-state index contributed by atoms with van der Waals surface area (Å²) in [6, 6.07) is 8.97. The summed E-state index contributed by atoms with van der Waals surface area (Å²) in [5, 5.41) is 3.67. The number of aromatic nitrogens is 1. The average molecular weight is 335 g/mol. The van der Waals surface area contributed by atoms with Crippen LogP contribution in [-0.2, 0) is 14.8 Å². The Balaban J connectivity index is 2.21. The Bertz CT molecular complexity index is 800. The van der Waals surface area contributed by atoms with E-state index in [-0.39, 0.29) is 18.5 Å². The maximum atomic E-state index is 12.3. The summed E-state index contributed by atoms with van der Waals surface area (Å²) >= 11 is 0. The number of hydrogen-bond acceptors (Lipinski definition) is 4. The molecule has 1 amide bonds. The molecule has 0 saturated carbocycles. The van der Waals surface area contributed by atoms with Crippen LogP contribution in [0.2, 0.25) is 0 Å². The number of fused-ring (bicyclic) bond motifs is 1. The molecule has 0 aliphatic rings. The fourth-order valence-corrected chi connectivity index (χ4v) is 3.49. The fraction of sp³-hybridized carbons (Fsp3) is 0.375. The van der Waals surface area contributed by atoms with Gasteiger partial charge in [0.05, 0.1) is 24.0 Å². The lowest BCUT2D eigenvalue weighted by molar-refractivity contribution is -0.116. The van der Waals surface area contributed by atoms with Gasteiger partial charge in [0.15, 0.2) is 0 Å². The molecule has 1 unspecified atom stereocenters. The SMILES string of the molecule is CCC(C)N(CC(=O)Nc1cccc2cccnc12)S(C)(=O)=O. The van der Waals surface area contributed by atoms with Crippen molar-refractivity contribution in [3.05, 3.63) is 36.5 Å². The molecule has 124 valence electrons. The summed E-state index contributed by atoms with van der Waals surface area (Å²) in [6.45, 7) is 3.46. The van der Waals surface area contributed by atoms with Gasteiger partial charge < -0.3 is 5.32 Å². The number of sulfonamides is 1. The number of pyridine rings is 1. The van der Waals surface area contributed by atoms with E-state index in [2.05, 4.69) is 10.3 Å². The molecule has 0 bridgehead atoms. The van der Waals surface area contributed by atoms with E-state index < -0.39 is 10.0 Å². The summed E-state index contributed by atoms with van der Waals surface area (Å²) in [7, 11) is -3.45. The van der Waals surface area contributed by atoms with Gasteiger partial charge in [0.25, 0.3) is 0 Å². The predicted octanol–water partition coefficient (Wildman–Crippen LogP) is 2.23. The molecule has 0 fully saturated rings. The van der Waals surface area contributed by atoms with Crippen molar-refractivity contribution in [1.82, 2.24) is 9.29 Å². The normalized spacial score (nSPS) is 13.2. The van der Waals surface area contributed by atoms with Gasteiger partial charge in [-0.25, -0.2) is 8.42 Å². The van der Waals surface area contributed by atoms with Crippen LogP contribution < -0.4 is 5.32 Å². The third kappa shape index (κ3) is 4.27. The van der Waals surface area contributed by atoms with Crippen LogP contribution in [0.4, 0.5) is 5.69 Å². The fourth-order valence-electron chi connectivity index (χ4n) is 2.34. The van der Waals surface area contributed by atoms with Crippen molar-refractivity contribution in [2.75, 3.05) is 18.1 Å². The Morgan fingerprint density at radius 2 is 2.00 bits per heavy atom. The smallest absolute Gasteiger partial charge is 0.239 e. The molecule has 6 nitrogen and oxygen atoms in total. The van der Waals surface area contributed by atoms with Gasteiger partial charge >= 0.3 is 0 Å². The largest absolute Gasteiger partial charge is 0.323 e. The van der Waals surface area contributed by atoms with Gasteiger partial charge in [-0.05, 0) is 25.5 Å². The maximum Gasteiger partial charge on any atom is 0.239 e. The molecule has 0 radical (unpaired) electrons. The Kier molecular flexibility index (Phi) is 5.33. The number of para-hydroxylation sites is 1. The number of carbonyl (C=O) groups excluding carboxylic acids is 1. The third-order valence-electron chi connectivity index (χ3n) is 3.71. The quantitative estimate of drug-likeness (QED) is 0.878. The molecule has 1 aromatic heterocycles. The first-order valence-electron chi connectivity index (χ1n) is 7.43. The molecular weight excluding hydrogens is 314 g/mol. The van der Waals surface area contributed by atoms with Gasteiger partial charge in [-0.2, -0.15) is 4.31 Å². The number of amides is 1. The molecule has 0 aliphatic heterocycles. The highest BCUT2D eigenvalue weighted by Gasteiger charge is 2.24. The lowest BCUT2D eigenvalue weighted by Gasteiger charge is -2.25. The second-order valence-corrected chi connectivity index (χ2v) is 7.43. The summed E-state index contributed by atoms with van der Waals surface area (Å²) in [4.78, 5) is 16.6. The Labute approximate surface area is 136 Å². The van der Waals surface area contributed by atoms with E-state index in [9.17, 15) is 13.2 Å². The molecule has 1 atom stereocenters.